The van der Waals surface area contributed by atoms with Gasteiger partial charge in [0.15, 0.2) is 5.82 Å². The van der Waals surface area contributed by atoms with Crippen LogP contribution in [0.4, 0.5) is 0 Å². The van der Waals surface area contributed by atoms with Crippen LogP contribution in [-0.4, -0.2) is 33.3 Å². The molecule has 72 valence electrons. The normalized spacial score (nSPS) is 19.8. The maximum absolute atomic E-state index is 4.07. The van der Waals surface area contributed by atoms with Crippen molar-refractivity contribution in [3.63, 3.8) is 0 Å². The Balaban J connectivity index is 2.19. The van der Waals surface area contributed by atoms with Gasteiger partial charge in [0.25, 0.3) is 0 Å². The van der Waals surface area contributed by atoms with Crippen LogP contribution in [0.3, 0.4) is 0 Å². The summed E-state index contributed by atoms with van der Waals surface area (Å²) >= 11 is 0. The number of hydrogen-bond donors (Lipinski definition) is 1. The van der Waals surface area contributed by atoms with Gasteiger partial charge in [-0.3, -0.25) is 0 Å². The van der Waals surface area contributed by atoms with E-state index in [1.165, 1.54) is 0 Å². The Hall–Kier alpha value is -0.970. The van der Waals surface area contributed by atoms with Gasteiger partial charge in [-0.1, -0.05) is 6.92 Å². The van der Waals surface area contributed by atoms with E-state index in [4.69, 9.17) is 0 Å². The zero-order chi connectivity index (χ0) is 9.26. The van der Waals surface area contributed by atoms with Crippen LogP contribution < -0.4 is 5.32 Å². The summed E-state index contributed by atoms with van der Waals surface area (Å²) in [4.78, 5) is 0. The molecule has 0 spiro atoms. The second-order valence-electron chi connectivity index (χ2n) is 3.59. The molecule has 2 heterocycles. The fraction of sp³-hybridized carbons (Fsp3) is 0.875. The molecule has 13 heavy (non-hydrogen) atoms. The summed E-state index contributed by atoms with van der Waals surface area (Å²) < 4.78 is 1.95. The minimum Gasteiger partial charge on any atom is -0.315 e. The molecule has 5 nitrogen and oxygen atoms in total. The van der Waals surface area contributed by atoms with Crippen molar-refractivity contribution in [2.45, 2.75) is 32.2 Å². The summed E-state index contributed by atoms with van der Waals surface area (Å²) in [6.45, 7) is 6.31. The Labute approximate surface area is 77.5 Å². The van der Waals surface area contributed by atoms with Gasteiger partial charge in [-0.25, -0.2) is 4.68 Å². The van der Waals surface area contributed by atoms with Gasteiger partial charge in [-0.2, -0.15) is 0 Å². The zero-order valence-corrected chi connectivity index (χ0v) is 8.06. The number of nitrogens with zero attached hydrogens (tertiary/aromatic N) is 4. The van der Waals surface area contributed by atoms with Gasteiger partial charge in [0.05, 0.1) is 6.04 Å². The molecule has 0 saturated carbocycles. The van der Waals surface area contributed by atoms with Gasteiger partial charge < -0.3 is 5.32 Å². The first kappa shape index (κ1) is 8.62. The molecule has 1 aliphatic heterocycles. The fourth-order valence-corrected chi connectivity index (χ4v) is 1.43. The molecule has 1 N–H and O–H groups in total. The van der Waals surface area contributed by atoms with Gasteiger partial charge in [-0.05, 0) is 23.8 Å². The number of nitrogens with one attached hydrogen (secondary N) is 1. The summed E-state index contributed by atoms with van der Waals surface area (Å²) in [6.07, 6.45) is 1.07. The Morgan fingerprint density at radius 3 is 2.92 bits per heavy atom. The first-order valence-corrected chi connectivity index (χ1v) is 4.81. The number of aromatic nitrogens is 4. The van der Waals surface area contributed by atoms with Gasteiger partial charge in [0, 0.05) is 19.0 Å². The van der Waals surface area contributed by atoms with Crippen molar-refractivity contribution in [1.29, 1.82) is 0 Å². The molecular weight excluding hydrogens is 166 g/mol. The summed E-state index contributed by atoms with van der Waals surface area (Å²) in [6, 6.07) is 0.408. The molecule has 2 rings (SSSR count). The first-order valence-electron chi connectivity index (χ1n) is 4.81. The molecule has 1 saturated heterocycles. The molecule has 5 heteroatoms. The monoisotopic (exact) mass is 181 g/mol. The maximum atomic E-state index is 4.07. The van der Waals surface area contributed by atoms with E-state index < -0.39 is 0 Å². The lowest BCUT2D eigenvalue weighted by atomic mass is 10.0. The third kappa shape index (κ3) is 1.44. The second kappa shape index (κ2) is 3.41. The van der Waals surface area contributed by atoms with Crippen molar-refractivity contribution in [3.8, 4) is 0 Å². The number of rotatable bonds is 3. The molecular formula is C8H15N5. The third-order valence-electron chi connectivity index (χ3n) is 2.67. The predicted octanol–water partition coefficient (Wildman–Crippen LogP) is 0.331. The molecule has 1 aromatic rings. The van der Waals surface area contributed by atoms with Gasteiger partial charge in [0.1, 0.15) is 0 Å². The molecule has 0 aromatic carbocycles. The van der Waals surface area contributed by atoms with Crippen LogP contribution in [0, 0.1) is 0 Å². The Bertz CT molecular complexity index is 259. The summed E-state index contributed by atoms with van der Waals surface area (Å²) in [5.74, 6) is 1.55. The Morgan fingerprint density at radius 2 is 2.38 bits per heavy atom. The van der Waals surface area contributed by atoms with Gasteiger partial charge in [-0.15, -0.1) is 5.10 Å². The quantitative estimate of drug-likeness (QED) is 0.730. The molecule has 1 fully saturated rings. The van der Waals surface area contributed by atoms with Crippen molar-refractivity contribution in [3.05, 3.63) is 5.82 Å². The summed E-state index contributed by atoms with van der Waals surface area (Å²) in [7, 11) is 0. The highest BCUT2D eigenvalue weighted by molar-refractivity contribution is 5.02. The molecule has 1 atom stereocenters. The van der Waals surface area contributed by atoms with E-state index in [2.05, 4.69) is 34.7 Å². The second-order valence-corrected chi connectivity index (χ2v) is 3.59. The lowest BCUT2D eigenvalue weighted by Gasteiger charge is -2.26. The van der Waals surface area contributed by atoms with E-state index in [-0.39, 0.29) is 0 Å². The average Bonchev–Trinajstić information content (AvgIpc) is 2.49. The predicted molar refractivity (Wildman–Crippen MR) is 48.4 cm³/mol. The van der Waals surface area contributed by atoms with Crippen LogP contribution in [0.1, 0.15) is 38.1 Å². The highest BCUT2D eigenvalue weighted by atomic mass is 15.6. The van der Waals surface area contributed by atoms with Crippen molar-refractivity contribution < 1.29 is 0 Å². The number of hydrogen-bond acceptors (Lipinski definition) is 4. The standard InChI is InChI=1S/C8H15N5/c1-3-6(2)13-8(10-11-12-13)7-4-9-5-7/h6-7,9H,3-5H2,1-2H3. The van der Waals surface area contributed by atoms with Crippen LogP contribution in [0.5, 0.6) is 0 Å². The molecule has 0 radical (unpaired) electrons. The Kier molecular flexibility index (Phi) is 2.26. The number of tetrazole rings is 1. The third-order valence-corrected chi connectivity index (χ3v) is 2.67. The summed E-state index contributed by atoms with van der Waals surface area (Å²) in [5.41, 5.74) is 0. The topological polar surface area (TPSA) is 55.6 Å². The molecule has 1 aromatic heterocycles. The van der Waals surface area contributed by atoms with E-state index in [1.54, 1.807) is 0 Å². The summed E-state index contributed by atoms with van der Waals surface area (Å²) in [5, 5.41) is 15.0. The van der Waals surface area contributed by atoms with Crippen LogP contribution in [0.2, 0.25) is 0 Å². The van der Waals surface area contributed by atoms with Crippen molar-refractivity contribution >= 4 is 0 Å². The molecule has 1 aliphatic rings. The average molecular weight is 181 g/mol. The lowest BCUT2D eigenvalue weighted by molar-refractivity contribution is 0.376. The smallest absolute Gasteiger partial charge is 0.157 e. The van der Waals surface area contributed by atoms with E-state index in [9.17, 15) is 0 Å². The van der Waals surface area contributed by atoms with Crippen LogP contribution in [0.15, 0.2) is 0 Å². The molecule has 0 amide bonds. The minimum atomic E-state index is 0.408. The van der Waals surface area contributed by atoms with Crippen LogP contribution >= 0.6 is 0 Å². The van der Waals surface area contributed by atoms with Gasteiger partial charge in [0.2, 0.25) is 0 Å². The first-order chi connectivity index (χ1) is 6.33. The van der Waals surface area contributed by atoms with E-state index >= 15 is 0 Å². The van der Waals surface area contributed by atoms with E-state index in [0.717, 1.165) is 25.3 Å². The fourth-order valence-electron chi connectivity index (χ4n) is 1.43. The van der Waals surface area contributed by atoms with Crippen LogP contribution in [0.25, 0.3) is 0 Å². The largest absolute Gasteiger partial charge is 0.315 e. The van der Waals surface area contributed by atoms with Crippen LogP contribution in [-0.2, 0) is 0 Å². The highest BCUT2D eigenvalue weighted by Crippen LogP contribution is 2.20. The highest BCUT2D eigenvalue weighted by Gasteiger charge is 2.26. The van der Waals surface area contributed by atoms with Crippen molar-refractivity contribution in [2.75, 3.05) is 13.1 Å². The molecule has 0 aliphatic carbocycles. The van der Waals surface area contributed by atoms with E-state index in [0.29, 0.717) is 12.0 Å². The molecule has 0 bridgehead atoms. The zero-order valence-electron chi connectivity index (χ0n) is 8.06. The van der Waals surface area contributed by atoms with E-state index in [1.807, 2.05) is 4.68 Å². The Morgan fingerprint density at radius 1 is 1.62 bits per heavy atom. The maximum Gasteiger partial charge on any atom is 0.157 e. The minimum absolute atomic E-state index is 0.408. The molecule has 1 unspecified atom stereocenters. The van der Waals surface area contributed by atoms with Crippen molar-refractivity contribution in [1.82, 2.24) is 25.5 Å². The van der Waals surface area contributed by atoms with Gasteiger partial charge >= 0.3 is 0 Å². The lowest BCUT2D eigenvalue weighted by Crippen LogP contribution is -2.41. The SMILES string of the molecule is CCC(C)n1nnnc1C1CNC1. The van der Waals surface area contributed by atoms with Crippen molar-refractivity contribution in [2.24, 2.45) is 0 Å².